The molecule has 138 valence electrons. The number of amides is 2. The molecule has 0 aliphatic heterocycles. The molecule has 2 heterocycles. The molecule has 0 unspecified atom stereocenters. The van der Waals surface area contributed by atoms with Gasteiger partial charge in [0.25, 0.3) is 5.91 Å². The first kappa shape index (κ1) is 18.5. The molecule has 3 rings (SSSR count). The summed E-state index contributed by atoms with van der Waals surface area (Å²) in [5.41, 5.74) is 1.24. The van der Waals surface area contributed by atoms with E-state index in [4.69, 9.17) is 4.74 Å². The first-order valence-corrected chi connectivity index (χ1v) is 9.07. The van der Waals surface area contributed by atoms with Crippen molar-refractivity contribution in [2.45, 2.75) is 13.3 Å². The molecule has 0 saturated heterocycles. The van der Waals surface area contributed by atoms with Crippen LogP contribution in [-0.2, 0) is 11.2 Å². The van der Waals surface area contributed by atoms with Crippen LogP contribution in [0.2, 0.25) is 0 Å². The smallest absolute Gasteiger partial charge is 0.295 e. The number of hydrogen-bond acceptors (Lipinski definition) is 7. The van der Waals surface area contributed by atoms with Crippen molar-refractivity contribution in [2.24, 2.45) is 0 Å². The van der Waals surface area contributed by atoms with Gasteiger partial charge in [-0.2, -0.15) is 0 Å². The molecule has 9 heteroatoms. The van der Waals surface area contributed by atoms with Gasteiger partial charge in [0, 0.05) is 23.5 Å². The number of nitrogens with one attached hydrogen (secondary N) is 2. The first-order chi connectivity index (χ1) is 13.1. The molecule has 27 heavy (non-hydrogen) atoms. The Morgan fingerprint density at radius 3 is 2.56 bits per heavy atom. The molecule has 0 fully saturated rings. The minimum atomic E-state index is -0.449. The van der Waals surface area contributed by atoms with Crippen LogP contribution in [0.15, 0.2) is 48.1 Å². The standard InChI is InChI=1S/C18H17N5O3S/c1-2-26-14-6-4-12(5-7-14)21-15(24)10-13-11-27-18(22-13)23-17(25)16-19-8-3-9-20-16/h3-9,11H,2,10H2,1H3,(H,21,24)(H,22,23,25). The maximum absolute atomic E-state index is 12.2. The van der Waals surface area contributed by atoms with E-state index in [0.717, 1.165) is 5.75 Å². The van der Waals surface area contributed by atoms with Gasteiger partial charge >= 0.3 is 0 Å². The Morgan fingerprint density at radius 1 is 1.11 bits per heavy atom. The maximum Gasteiger partial charge on any atom is 0.295 e. The van der Waals surface area contributed by atoms with Gasteiger partial charge in [-0.15, -0.1) is 11.3 Å². The van der Waals surface area contributed by atoms with E-state index in [1.807, 2.05) is 6.92 Å². The SMILES string of the molecule is CCOc1ccc(NC(=O)Cc2csc(NC(=O)c3ncccn3)n2)cc1. The van der Waals surface area contributed by atoms with Crippen molar-refractivity contribution in [1.29, 1.82) is 0 Å². The largest absolute Gasteiger partial charge is 0.494 e. The molecule has 0 radical (unpaired) electrons. The van der Waals surface area contributed by atoms with E-state index < -0.39 is 5.91 Å². The number of benzene rings is 1. The lowest BCUT2D eigenvalue weighted by atomic mass is 10.2. The minimum Gasteiger partial charge on any atom is -0.494 e. The van der Waals surface area contributed by atoms with Gasteiger partial charge < -0.3 is 10.1 Å². The van der Waals surface area contributed by atoms with Crippen LogP contribution in [0.25, 0.3) is 0 Å². The highest BCUT2D eigenvalue weighted by atomic mass is 32.1. The first-order valence-electron chi connectivity index (χ1n) is 8.19. The second-order valence-corrected chi connectivity index (χ2v) is 6.21. The monoisotopic (exact) mass is 383 g/mol. The number of carbonyl (C=O) groups excluding carboxylic acids is 2. The van der Waals surface area contributed by atoms with E-state index >= 15 is 0 Å². The summed E-state index contributed by atoms with van der Waals surface area (Å²) in [6, 6.07) is 8.76. The van der Waals surface area contributed by atoms with E-state index in [0.29, 0.717) is 23.1 Å². The highest BCUT2D eigenvalue weighted by Gasteiger charge is 2.13. The van der Waals surface area contributed by atoms with Gasteiger partial charge in [-0.05, 0) is 37.3 Å². The number of nitrogens with zero attached hydrogens (tertiary/aromatic N) is 3. The van der Waals surface area contributed by atoms with Gasteiger partial charge in [0.05, 0.1) is 18.7 Å². The molecular weight excluding hydrogens is 366 g/mol. The van der Waals surface area contributed by atoms with Crippen molar-refractivity contribution >= 4 is 34.0 Å². The molecule has 0 bridgehead atoms. The number of anilines is 2. The zero-order valence-corrected chi connectivity index (χ0v) is 15.3. The second kappa shape index (κ2) is 8.86. The van der Waals surface area contributed by atoms with Crippen molar-refractivity contribution in [3.8, 4) is 5.75 Å². The van der Waals surface area contributed by atoms with Gasteiger partial charge in [-0.25, -0.2) is 15.0 Å². The molecular formula is C18H17N5O3S. The molecule has 3 aromatic rings. The van der Waals surface area contributed by atoms with Crippen LogP contribution >= 0.6 is 11.3 Å². The minimum absolute atomic E-state index is 0.0579. The van der Waals surface area contributed by atoms with Crippen molar-refractivity contribution in [3.05, 3.63) is 59.6 Å². The Morgan fingerprint density at radius 2 is 1.85 bits per heavy atom. The summed E-state index contributed by atoms with van der Waals surface area (Å²) in [7, 11) is 0. The molecule has 0 aliphatic rings. The molecule has 2 amide bonds. The summed E-state index contributed by atoms with van der Waals surface area (Å²) in [6.45, 7) is 2.50. The third-order valence-electron chi connectivity index (χ3n) is 3.33. The van der Waals surface area contributed by atoms with Crippen LogP contribution in [-0.4, -0.2) is 33.4 Å². The molecule has 0 atom stereocenters. The lowest BCUT2D eigenvalue weighted by Gasteiger charge is -2.06. The van der Waals surface area contributed by atoms with E-state index in [1.165, 1.54) is 23.7 Å². The van der Waals surface area contributed by atoms with Crippen LogP contribution < -0.4 is 15.4 Å². The number of thiazole rings is 1. The number of carbonyl (C=O) groups is 2. The summed E-state index contributed by atoms with van der Waals surface area (Å²) in [5.74, 6) is 0.157. The van der Waals surface area contributed by atoms with Gasteiger partial charge in [-0.3, -0.25) is 14.9 Å². The van der Waals surface area contributed by atoms with Crippen molar-refractivity contribution in [2.75, 3.05) is 17.2 Å². The third-order valence-corrected chi connectivity index (χ3v) is 4.14. The summed E-state index contributed by atoms with van der Waals surface area (Å²) in [5, 5.41) is 7.52. The predicted molar refractivity (Wildman–Crippen MR) is 102 cm³/mol. The van der Waals surface area contributed by atoms with Crippen molar-refractivity contribution in [1.82, 2.24) is 15.0 Å². The Bertz CT molecular complexity index is 912. The Labute approximate surface area is 159 Å². The van der Waals surface area contributed by atoms with Crippen LogP contribution in [0.1, 0.15) is 23.2 Å². The van der Waals surface area contributed by atoms with Gasteiger partial charge in [-0.1, -0.05) is 0 Å². The quantitative estimate of drug-likeness (QED) is 0.650. The Kier molecular flexibility index (Phi) is 6.06. The average molecular weight is 383 g/mol. The molecule has 8 nitrogen and oxygen atoms in total. The number of rotatable bonds is 7. The molecule has 2 N–H and O–H groups in total. The topological polar surface area (TPSA) is 106 Å². The Hall–Kier alpha value is -3.33. The fourth-order valence-corrected chi connectivity index (χ4v) is 2.89. The van der Waals surface area contributed by atoms with Crippen LogP contribution in [0.5, 0.6) is 5.75 Å². The van der Waals surface area contributed by atoms with E-state index in [9.17, 15) is 9.59 Å². The summed E-state index contributed by atoms with van der Waals surface area (Å²) >= 11 is 1.23. The molecule has 0 saturated carbocycles. The van der Waals surface area contributed by atoms with Crippen molar-refractivity contribution < 1.29 is 14.3 Å². The van der Waals surface area contributed by atoms with Crippen LogP contribution in [0.3, 0.4) is 0 Å². The fourth-order valence-electron chi connectivity index (χ4n) is 2.19. The summed E-state index contributed by atoms with van der Waals surface area (Å²) in [6.07, 6.45) is 3.07. The number of hydrogen-bond donors (Lipinski definition) is 2. The van der Waals surface area contributed by atoms with E-state index in [2.05, 4.69) is 25.6 Å². The Balaban J connectivity index is 1.54. The second-order valence-electron chi connectivity index (χ2n) is 5.35. The average Bonchev–Trinajstić information content (AvgIpc) is 3.11. The van der Waals surface area contributed by atoms with Gasteiger partial charge in [0.15, 0.2) is 5.13 Å². The summed E-state index contributed by atoms with van der Waals surface area (Å²) < 4.78 is 5.36. The highest BCUT2D eigenvalue weighted by Crippen LogP contribution is 2.18. The van der Waals surface area contributed by atoms with Crippen LogP contribution in [0, 0.1) is 0 Å². The third kappa shape index (κ3) is 5.32. The zero-order valence-electron chi connectivity index (χ0n) is 14.5. The lowest BCUT2D eigenvalue weighted by Crippen LogP contribution is -2.16. The van der Waals surface area contributed by atoms with Crippen LogP contribution in [0.4, 0.5) is 10.8 Å². The van der Waals surface area contributed by atoms with E-state index in [-0.39, 0.29) is 18.2 Å². The number of ether oxygens (including phenoxy) is 1. The predicted octanol–water partition coefficient (Wildman–Crippen LogP) is 2.77. The van der Waals surface area contributed by atoms with Gasteiger partial charge in [0.2, 0.25) is 11.7 Å². The lowest BCUT2D eigenvalue weighted by molar-refractivity contribution is -0.115. The molecule has 1 aromatic carbocycles. The maximum atomic E-state index is 12.2. The number of aromatic nitrogens is 3. The fraction of sp³-hybridized carbons (Fsp3) is 0.167. The highest BCUT2D eigenvalue weighted by molar-refractivity contribution is 7.14. The van der Waals surface area contributed by atoms with Gasteiger partial charge in [0.1, 0.15) is 5.75 Å². The molecule has 2 aromatic heterocycles. The molecule has 0 aliphatic carbocycles. The normalized spacial score (nSPS) is 10.3. The summed E-state index contributed by atoms with van der Waals surface area (Å²) in [4.78, 5) is 36.2. The van der Waals surface area contributed by atoms with Crippen molar-refractivity contribution in [3.63, 3.8) is 0 Å². The molecule has 0 spiro atoms. The zero-order chi connectivity index (χ0) is 19.1. The van der Waals surface area contributed by atoms with E-state index in [1.54, 1.807) is 35.7 Å².